The van der Waals surface area contributed by atoms with Gasteiger partial charge in [0.05, 0.1) is 6.54 Å². The van der Waals surface area contributed by atoms with E-state index in [1.54, 1.807) is 14.1 Å². The number of hydrogen-bond donors (Lipinski definition) is 1. The largest absolute Gasteiger partial charge is 0.347 e. The van der Waals surface area contributed by atoms with E-state index in [2.05, 4.69) is 5.32 Å². The minimum absolute atomic E-state index is 0.0164. The first-order valence-corrected chi connectivity index (χ1v) is 8.78. The molecule has 2 atom stereocenters. The first-order valence-electron chi connectivity index (χ1n) is 8.78. The Kier molecular flexibility index (Phi) is 5.29. The van der Waals surface area contributed by atoms with Crippen molar-refractivity contribution in [1.82, 2.24) is 14.7 Å². The van der Waals surface area contributed by atoms with E-state index in [4.69, 9.17) is 0 Å². The maximum atomic E-state index is 13.3. The molecule has 9 heteroatoms. The highest BCUT2D eigenvalue weighted by atomic mass is 19.2. The fraction of sp³-hybridized carbons (Fsp3) is 0.500. The maximum absolute atomic E-state index is 13.3. The highest BCUT2D eigenvalue weighted by Gasteiger charge is 2.43. The number of anilines is 1. The molecule has 0 aliphatic carbocycles. The number of amides is 4. The number of rotatable bonds is 3. The number of carbonyl (C=O) groups is 3. The zero-order valence-corrected chi connectivity index (χ0v) is 15.2. The molecule has 0 saturated carbocycles. The number of hydrogen-bond acceptors (Lipinski definition) is 3. The molecule has 2 aliphatic heterocycles. The van der Waals surface area contributed by atoms with Crippen molar-refractivity contribution in [2.75, 3.05) is 39.0 Å². The molecule has 0 spiro atoms. The smallest absolute Gasteiger partial charge is 0.322 e. The lowest BCUT2D eigenvalue weighted by atomic mass is 9.86. The minimum atomic E-state index is -1.06. The van der Waals surface area contributed by atoms with Gasteiger partial charge >= 0.3 is 6.03 Å². The van der Waals surface area contributed by atoms with Gasteiger partial charge in [0.15, 0.2) is 11.6 Å². The normalized spacial score (nSPS) is 21.9. The van der Waals surface area contributed by atoms with Crippen LogP contribution in [0.5, 0.6) is 0 Å². The van der Waals surface area contributed by atoms with Gasteiger partial charge in [-0.2, -0.15) is 0 Å². The van der Waals surface area contributed by atoms with E-state index in [0.717, 1.165) is 12.1 Å². The number of likely N-dealkylation sites (N-methyl/N-ethyl adjacent to an activating group) is 1. The quantitative estimate of drug-likeness (QED) is 0.864. The van der Waals surface area contributed by atoms with Gasteiger partial charge in [-0.1, -0.05) is 0 Å². The minimum Gasteiger partial charge on any atom is -0.347 e. The third-order valence-corrected chi connectivity index (χ3v) is 5.04. The second-order valence-electron chi connectivity index (χ2n) is 7.17. The Bertz CT molecular complexity index is 771. The van der Waals surface area contributed by atoms with Gasteiger partial charge in [-0.25, -0.2) is 13.6 Å². The summed E-state index contributed by atoms with van der Waals surface area (Å²) >= 11 is 0. The number of likely N-dealkylation sites (tertiary alicyclic amines) is 2. The van der Waals surface area contributed by atoms with Gasteiger partial charge in [0, 0.05) is 38.9 Å². The summed E-state index contributed by atoms with van der Waals surface area (Å²) in [6, 6.07) is 1.88. The van der Waals surface area contributed by atoms with E-state index >= 15 is 0 Å². The fourth-order valence-electron chi connectivity index (χ4n) is 3.51. The Morgan fingerprint density at radius 2 is 2.00 bits per heavy atom. The summed E-state index contributed by atoms with van der Waals surface area (Å²) in [4.78, 5) is 41.7. The molecule has 146 valence electrons. The molecular weight excluding hydrogens is 358 g/mol. The third-order valence-electron chi connectivity index (χ3n) is 5.04. The SMILES string of the molecule is CN(C)C(=O)CN1C[C@H]2CCN(C(=O)Nc3ccc(F)c(F)c3)[C@H](C2)C1=O. The van der Waals surface area contributed by atoms with Crippen molar-refractivity contribution in [1.29, 1.82) is 0 Å². The molecule has 3 rings (SSSR count). The first kappa shape index (κ1) is 19.1. The van der Waals surface area contributed by atoms with Gasteiger partial charge in [-0.15, -0.1) is 0 Å². The summed E-state index contributed by atoms with van der Waals surface area (Å²) < 4.78 is 26.4. The van der Waals surface area contributed by atoms with Crippen LogP contribution in [-0.4, -0.2) is 72.3 Å². The van der Waals surface area contributed by atoms with Crippen molar-refractivity contribution in [2.24, 2.45) is 5.92 Å². The number of carbonyl (C=O) groups excluding carboxylic acids is 3. The molecule has 0 unspecified atom stereocenters. The Hall–Kier alpha value is -2.71. The van der Waals surface area contributed by atoms with Crippen LogP contribution in [0, 0.1) is 17.6 Å². The van der Waals surface area contributed by atoms with Gasteiger partial charge in [-0.05, 0) is 30.9 Å². The summed E-state index contributed by atoms with van der Waals surface area (Å²) in [7, 11) is 3.25. The van der Waals surface area contributed by atoms with Crippen molar-refractivity contribution in [3.63, 3.8) is 0 Å². The number of benzene rings is 1. The van der Waals surface area contributed by atoms with E-state index in [-0.39, 0.29) is 30.0 Å². The van der Waals surface area contributed by atoms with Gasteiger partial charge in [-0.3, -0.25) is 9.59 Å². The Labute approximate surface area is 155 Å². The van der Waals surface area contributed by atoms with Crippen LogP contribution in [0.1, 0.15) is 12.8 Å². The predicted octanol–water partition coefficient (Wildman–Crippen LogP) is 1.51. The molecule has 7 nitrogen and oxygen atoms in total. The third kappa shape index (κ3) is 4.01. The van der Waals surface area contributed by atoms with Crippen LogP contribution in [0.2, 0.25) is 0 Å². The highest BCUT2D eigenvalue weighted by molar-refractivity contribution is 5.95. The fourth-order valence-corrected chi connectivity index (χ4v) is 3.51. The summed E-state index contributed by atoms with van der Waals surface area (Å²) in [5.74, 6) is -2.27. The lowest BCUT2D eigenvalue weighted by Gasteiger charge is -2.46. The zero-order chi connectivity index (χ0) is 19.7. The second-order valence-corrected chi connectivity index (χ2v) is 7.17. The molecule has 1 aromatic rings. The van der Waals surface area contributed by atoms with Gasteiger partial charge in [0.1, 0.15) is 6.04 Å². The van der Waals surface area contributed by atoms with Gasteiger partial charge < -0.3 is 20.0 Å². The van der Waals surface area contributed by atoms with Crippen molar-refractivity contribution >= 4 is 23.5 Å². The number of piperidine rings is 2. The number of halogens is 2. The van der Waals surface area contributed by atoms with Crippen LogP contribution in [0.15, 0.2) is 18.2 Å². The second kappa shape index (κ2) is 7.50. The average Bonchev–Trinajstić information content (AvgIpc) is 2.62. The van der Waals surface area contributed by atoms with E-state index in [0.29, 0.717) is 25.9 Å². The van der Waals surface area contributed by atoms with E-state index in [1.165, 1.54) is 20.8 Å². The molecule has 4 amide bonds. The van der Waals surface area contributed by atoms with Gasteiger partial charge in [0.2, 0.25) is 11.8 Å². The molecule has 0 radical (unpaired) electrons. The van der Waals surface area contributed by atoms with Crippen LogP contribution >= 0.6 is 0 Å². The van der Waals surface area contributed by atoms with Gasteiger partial charge in [0.25, 0.3) is 0 Å². The van der Waals surface area contributed by atoms with Crippen molar-refractivity contribution in [2.45, 2.75) is 18.9 Å². The Morgan fingerprint density at radius 1 is 1.26 bits per heavy atom. The number of nitrogens with zero attached hydrogens (tertiary/aromatic N) is 3. The Morgan fingerprint density at radius 3 is 2.67 bits per heavy atom. The van der Waals surface area contributed by atoms with Crippen LogP contribution in [-0.2, 0) is 9.59 Å². The van der Waals surface area contributed by atoms with E-state index in [9.17, 15) is 23.2 Å². The monoisotopic (exact) mass is 380 g/mol. The number of urea groups is 1. The number of nitrogens with one attached hydrogen (secondary N) is 1. The average molecular weight is 380 g/mol. The maximum Gasteiger partial charge on any atom is 0.322 e. The lowest BCUT2D eigenvalue weighted by molar-refractivity contribution is -0.148. The molecule has 2 heterocycles. The molecule has 2 fully saturated rings. The van der Waals surface area contributed by atoms with Crippen molar-refractivity contribution < 1.29 is 23.2 Å². The van der Waals surface area contributed by atoms with Crippen LogP contribution in [0.4, 0.5) is 19.3 Å². The molecule has 2 aliphatic rings. The first-order chi connectivity index (χ1) is 12.8. The molecule has 0 aromatic heterocycles. The molecule has 1 aromatic carbocycles. The molecule has 27 heavy (non-hydrogen) atoms. The summed E-state index contributed by atoms with van der Waals surface area (Å²) in [6.45, 7) is 0.886. The highest BCUT2D eigenvalue weighted by Crippen LogP contribution is 2.30. The number of fused-ring (bicyclic) bond motifs is 2. The van der Waals surface area contributed by atoms with Crippen LogP contribution in [0.3, 0.4) is 0 Å². The summed E-state index contributed by atoms with van der Waals surface area (Å²) in [5.41, 5.74) is 0.115. The van der Waals surface area contributed by atoms with Crippen LogP contribution in [0.25, 0.3) is 0 Å². The molecule has 2 saturated heterocycles. The summed E-state index contributed by atoms with van der Waals surface area (Å²) in [5, 5.41) is 2.51. The predicted molar refractivity (Wildman–Crippen MR) is 93.9 cm³/mol. The topological polar surface area (TPSA) is 73.0 Å². The van der Waals surface area contributed by atoms with Crippen LogP contribution < -0.4 is 5.32 Å². The Balaban J connectivity index is 1.71. The van der Waals surface area contributed by atoms with Crippen molar-refractivity contribution in [3.05, 3.63) is 29.8 Å². The molecular formula is C18H22F2N4O3. The van der Waals surface area contributed by atoms with Crippen molar-refractivity contribution in [3.8, 4) is 0 Å². The molecule has 1 N–H and O–H groups in total. The standard InChI is InChI=1S/C18H22F2N4O3/c1-22(2)16(25)10-23-9-11-5-6-24(15(7-11)17(23)26)18(27)21-12-3-4-13(19)14(20)8-12/h3-4,8,11,15H,5-7,9-10H2,1-2H3,(H,21,27)/t11-,15+/m0/s1. The van der Waals surface area contributed by atoms with E-state index in [1.807, 2.05) is 0 Å². The zero-order valence-electron chi connectivity index (χ0n) is 15.2. The molecule has 2 bridgehead atoms. The van der Waals surface area contributed by atoms with E-state index < -0.39 is 23.7 Å². The lowest BCUT2D eigenvalue weighted by Crippen LogP contribution is -2.61. The summed E-state index contributed by atoms with van der Waals surface area (Å²) in [6.07, 6.45) is 1.25.